The lowest BCUT2D eigenvalue weighted by atomic mass is 10.1. The molecule has 1 saturated heterocycles. The van der Waals surface area contributed by atoms with E-state index in [-0.39, 0.29) is 18.4 Å². The van der Waals surface area contributed by atoms with Crippen molar-refractivity contribution in [1.82, 2.24) is 15.5 Å². The van der Waals surface area contributed by atoms with Gasteiger partial charge in [0.25, 0.3) is 0 Å². The molecule has 0 bridgehead atoms. The van der Waals surface area contributed by atoms with Gasteiger partial charge in [-0.15, -0.1) is 0 Å². The summed E-state index contributed by atoms with van der Waals surface area (Å²) >= 11 is 6.19. The number of ether oxygens (including phenoxy) is 2. The van der Waals surface area contributed by atoms with Gasteiger partial charge in [0.2, 0.25) is 5.91 Å². The Kier molecular flexibility index (Phi) is 4.76. The fraction of sp³-hybridized carbons (Fsp3) is 0.467. The van der Waals surface area contributed by atoms with Gasteiger partial charge in [0.15, 0.2) is 11.5 Å². The summed E-state index contributed by atoms with van der Waals surface area (Å²) in [6.07, 6.45) is 0.154. The number of hydrogen-bond donors (Lipinski definition) is 2. The Morgan fingerprint density at radius 1 is 1.30 bits per heavy atom. The molecule has 23 heavy (non-hydrogen) atoms. The molecule has 0 unspecified atom stereocenters. The van der Waals surface area contributed by atoms with Crippen LogP contribution in [0.15, 0.2) is 12.1 Å². The van der Waals surface area contributed by atoms with Crippen LogP contribution < -0.4 is 20.1 Å². The fourth-order valence-electron chi connectivity index (χ4n) is 2.53. The van der Waals surface area contributed by atoms with Crippen LogP contribution in [0.4, 0.5) is 4.79 Å². The maximum atomic E-state index is 12.0. The number of carbonyl (C=O) groups is 2. The third kappa shape index (κ3) is 3.79. The number of amides is 3. The lowest BCUT2D eigenvalue weighted by Gasteiger charge is -2.20. The molecule has 3 amide bonds. The van der Waals surface area contributed by atoms with E-state index in [0.717, 1.165) is 0 Å². The largest absolute Gasteiger partial charge is 0.486 e. The first kappa shape index (κ1) is 15.7. The monoisotopic (exact) mass is 339 g/mol. The van der Waals surface area contributed by atoms with Crippen LogP contribution in [-0.4, -0.2) is 56.2 Å². The number of halogens is 1. The zero-order chi connectivity index (χ0) is 16.2. The van der Waals surface area contributed by atoms with E-state index in [9.17, 15) is 9.59 Å². The Labute approximate surface area is 138 Å². The topological polar surface area (TPSA) is 79.9 Å². The molecular formula is C15H18ClN3O4. The summed E-state index contributed by atoms with van der Waals surface area (Å²) in [6, 6.07) is 3.33. The van der Waals surface area contributed by atoms with E-state index in [1.54, 1.807) is 17.0 Å². The maximum absolute atomic E-state index is 12.0. The number of fused-ring (bicyclic) bond motifs is 1. The summed E-state index contributed by atoms with van der Waals surface area (Å²) in [7, 11) is 0. The van der Waals surface area contributed by atoms with Crippen molar-refractivity contribution in [2.45, 2.75) is 6.42 Å². The molecule has 8 heteroatoms. The second-order valence-electron chi connectivity index (χ2n) is 5.33. The van der Waals surface area contributed by atoms with Crippen LogP contribution in [-0.2, 0) is 11.2 Å². The van der Waals surface area contributed by atoms with E-state index < -0.39 is 0 Å². The predicted molar refractivity (Wildman–Crippen MR) is 84.1 cm³/mol. The minimum absolute atomic E-state index is 0.0888. The van der Waals surface area contributed by atoms with Crippen LogP contribution in [0.2, 0.25) is 5.02 Å². The summed E-state index contributed by atoms with van der Waals surface area (Å²) in [5, 5.41) is 5.98. The second-order valence-corrected chi connectivity index (χ2v) is 5.74. The van der Waals surface area contributed by atoms with Gasteiger partial charge in [-0.2, -0.15) is 0 Å². The highest BCUT2D eigenvalue weighted by Gasteiger charge is 2.19. The van der Waals surface area contributed by atoms with Gasteiger partial charge in [-0.3, -0.25) is 4.79 Å². The standard InChI is InChI=1S/C15H18ClN3O4/c16-11-9-13-12(22-5-6-23-13)7-10(11)8-14(20)17-1-3-19-4-2-18-15(19)21/h7,9H,1-6,8H2,(H,17,20)(H,18,21). The van der Waals surface area contributed by atoms with Gasteiger partial charge >= 0.3 is 6.03 Å². The Balaban J connectivity index is 1.52. The average Bonchev–Trinajstić information content (AvgIpc) is 2.93. The fourth-order valence-corrected chi connectivity index (χ4v) is 2.75. The Morgan fingerprint density at radius 3 is 2.74 bits per heavy atom. The van der Waals surface area contributed by atoms with Crippen LogP contribution in [0.3, 0.4) is 0 Å². The van der Waals surface area contributed by atoms with Crippen molar-refractivity contribution < 1.29 is 19.1 Å². The first-order valence-corrected chi connectivity index (χ1v) is 7.89. The Hall–Kier alpha value is -2.15. The number of nitrogens with zero attached hydrogens (tertiary/aromatic N) is 1. The second kappa shape index (κ2) is 6.95. The van der Waals surface area contributed by atoms with Gasteiger partial charge in [-0.25, -0.2) is 4.79 Å². The minimum atomic E-state index is -0.150. The number of hydrogen-bond acceptors (Lipinski definition) is 4. The van der Waals surface area contributed by atoms with E-state index in [0.29, 0.717) is 61.5 Å². The molecule has 0 spiro atoms. The highest BCUT2D eigenvalue weighted by atomic mass is 35.5. The summed E-state index contributed by atoms with van der Waals surface area (Å²) < 4.78 is 10.9. The molecule has 0 saturated carbocycles. The van der Waals surface area contributed by atoms with Crippen molar-refractivity contribution in [2.24, 2.45) is 0 Å². The Morgan fingerprint density at radius 2 is 2.04 bits per heavy atom. The molecule has 0 atom stereocenters. The molecule has 1 fully saturated rings. The number of benzene rings is 1. The molecular weight excluding hydrogens is 322 g/mol. The van der Waals surface area contributed by atoms with E-state index in [1.807, 2.05) is 0 Å². The lowest BCUT2D eigenvalue weighted by molar-refractivity contribution is -0.120. The highest BCUT2D eigenvalue weighted by Crippen LogP contribution is 2.35. The Bertz CT molecular complexity index is 623. The number of rotatable bonds is 5. The smallest absolute Gasteiger partial charge is 0.317 e. The molecule has 124 valence electrons. The molecule has 1 aromatic rings. The molecule has 0 aromatic heterocycles. The van der Waals surface area contributed by atoms with Gasteiger partial charge in [0.05, 0.1) is 6.42 Å². The van der Waals surface area contributed by atoms with Crippen molar-refractivity contribution in [2.75, 3.05) is 39.4 Å². The number of carbonyl (C=O) groups excluding carboxylic acids is 2. The molecule has 0 radical (unpaired) electrons. The zero-order valence-corrected chi connectivity index (χ0v) is 13.3. The summed E-state index contributed by atoms with van der Waals surface area (Å²) in [5.41, 5.74) is 0.687. The van der Waals surface area contributed by atoms with Crippen molar-refractivity contribution in [3.8, 4) is 11.5 Å². The highest BCUT2D eigenvalue weighted by molar-refractivity contribution is 6.31. The van der Waals surface area contributed by atoms with Gasteiger partial charge in [0.1, 0.15) is 13.2 Å². The van der Waals surface area contributed by atoms with Crippen LogP contribution >= 0.6 is 11.6 Å². The van der Waals surface area contributed by atoms with Gasteiger partial charge in [0, 0.05) is 37.3 Å². The van der Waals surface area contributed by atoms with E-state index in [4.69, 9.17) is 21.1 Å². The van der Waals surface area contributed by atoms with Gasteiger partial charge < -0.3 is 25.0 Å². The van der Waals surface area contributed by atoms with E-state index in [1.165, 1.54) is 0 Å². The van der Waals surface area contributed by atoms with Crippen molar-refractivity contribution >= 4 is 23.5 Å². The molecule has 7 nitrogen and oxygen atoms in total. The van der Waals surface area contributed by atoms with Crippen molar-refractivity contribution in [3.05, 3.63) is 22.7 Å². The molecule has 2 heterocycles. The van der Waals surface area contributed by atoms with Gasteiger partial charge in [-0.05, 0) is 11.6 Å². The summed E-state index contributed by atoms with van der Waals surface area (Å²) in [4.78, 5) is 25.1. The quantitative estimate of drug-likeness (QED) is 0.831. The zero-order valence-electron chi connectivity index (χ0n) is 12.6. The molecule has 2 aliphatic rings. The molecule has 1 aromatic carbocycles. The molecule has 2 N–H and O–H groups in total. The predicted octanol–water partition coefficient (Wildman–Crippen LogP) is 0.795. The molecule has 2 aliphatic heterocycles. The van der Waals surface area contributed by atoms with Crippen molar-refractivity contribution in [1.29, 1.82) is 0 Å². The summed E-state index contributed by atoms with van der Waals surface area (Å²) in [5.74, 6) is 1.06. The SMILES string of the molecule is O=C(Cc1cc2c(cc1Cl)OCCO2)NCCN1CCNC1=O. The van der Waals surface area contributed by atoms with E-state index in [2.05, 4.69) is 10.6 Å². The first-order valence-electron chi connectivity index (χ1n) is 7.51. The third-order valence-corrected chi connectivity index (χ3v) is 4.06. The van der Waals surface area contributed by atoms with Crippen LogP contribution in [0.25, 0.3) is 0 Å². The maximum Gasteiger partial charge on any atom is 0.317 e. The first-order chi connectivity index (χ1) is 11.1. The molecule has 3 rings (SSSR count). The summed E-state index contributed by atoms with van der Waals surface area (Å²) in [6.45, 7) is 3.20. The molecule has 0 aliphatic carbocycles. The number of urea groups is 1. The third-order valence-electron chi connectivity index (χ3n) is 3.71. The van der Waals surface area contributed by atoms with Crippen LogP contribution in [0, 0.1) is 0 Å². The minimum Gasteiger partial charge on any atom is -0.486 e. The van der Waals surface area contributed by atoms with E-state index >= 15 is 0 Å². The number of nitrogens with one attached hydrogen (secondary N) is 2. The van der Waals surface area contributed by atoms with Gasteiger partial charge in [-0.1, -0.05) is 11.6 Å². The van der Waals surface area contributed by atoms with Crippen molar-refractivity contribution in [3.63, 3.8) is 0 Å². The lowest BCUT2D eigenvalue weighted by Crippen LogP contribution is -2.37. The van der Waals surface area contributed by atoms with Crippen LogP contribution in [0.1, 0.15) is 5.56 Å². The average molecular weight is 340 g/mol. The normalized spacial score (nSPS) is 16.2. The van der Waals surface area contributed by atoms with Crippen LogP contribution in [0.5, 0.6) is 11.5 Å².